The molecule has 0 amide bonds. The van der Waals surface area contributed by atoms with Crippen LogP contribution in [0.5, 0.6) is 0 Å². The fourth-order valence-electron chi connectivity index (χ4n) is 2.61. The van der Waals surface area contributed by atoms with Gasteiger partial charge in [0.15, 0.2) is 0 Å². The molecule has 5 nitrogen and oxygen atoms in total. The maximum Gasteiger partial charge on any atom is 0.296 e. The van der Waals surface area contributed by atoms with Crippen molar-refractivity contribution >= 4 is 15.8 Å². The summed E-state index contributed by atoms with van der Waals surface area (Å²) in [5, 5.41) is 12.0. The molecule has 0 aliphatic carbocycles. The number of anilines is 1. The molecular weight excluding hydrogens is 278 g/mol. The van der Waals surface area contributed by atoms with Crippen LogP contribution in [0.2, 0.25) is 0 Å². The molecule has 0 spiro atoms. The van der Waals surface area contributed by atoms with Crippen LogP contribution in [-0.4, -0.2) is 31.2 Å². The molecule has 1 aromatic carbocycles. The number of aliphatic hydroxyl groups is 1. The third kappa shape index (κ3) is 3.31. The Morgan fingerprint density at radius 3 is 2.65 bits per heavy atom. The highest BCUT2D eigenvalue weighted by atomic mass is 32.2. The van der Waals surface area contributed by atoms with E-state index in [1.807, 2.05) is 6.07 Å². The Kier molecular flexibility index (Phi) is 4.09. The largest absolute Gasteiger partial charge is 0.396 e. The van der Waals surface area contributed by atoms with Gasteiger partial charge in [-0.1, -0.05) is 19.9 Å². The Bertz CT molecular complexity index is 608. The van der Waals surface area contributed by atoms with Crippen molar-refractivity contribution in [3.05, 3.63) is 23.3 Å². The Morgan fingerprint density at radius 1 is 1.35 bits per heavy atom. The van der Waals surface area contributed by atoms with Crippen LogP contribution in [0.15, 0.2) is 17.0 Å². The lowest BCUT2D eigenvalue weighted by atomic mass is 9.81. The van der Waals surface area contributed by atoms with Gasteiger partial charge in [0.1, 0.15) is 4.90 Å². The number of aryl methyl sites for hydroxylation is 1. The number of hydrogen-bond acceptors (Lipinski definition) is 4. The molecule has 1 heterocycles. The fraction of sp³-hybridized carbons (Fsp3) is 0.571. The van der Waals surface area contributed by atoms with Crippen LogP contribution in [0.3, 0.4) is 0 Å². The summed E-state index contributed by atoms with van der Waals surface area (Å²) in [6.45, 7) is 4.94. The van der Waals surface area contributed by atoms with E-state index in [1.54, 1.807) is 0 Å². The van der Waals surface area contributed by atoms with Crippen LogP contribution in [-0.2, 0) is 23.0 Å². The van der Waals surface area contributed by atoms with Gasteiger partial charge in [0.05, 0.1) is 5.69 Å². The molecule has 0 fully saturated rings. The van der Waals surface area contributed by atoms with E-state index in [2.05, 4.69) is 19.2 Å². The van der Waals surface area contributed by atoms with Gasteiger partial charge in [-0.05, 0) is 41.9 Å². The van der Waals surface area contributed by atoms with Gasteiger partial charge in [0.2, 0.25) is 0 Å². The molecule has 0 unspecified atom stereocenters. The minimum atomic E-state index is -4.25. The first kappa shape index (κ1) is 15.3. The average Bonchev–Trinajstić information content (AvgIpc) is 2.32. The van der Waals surface area contributed by atoms with Crippen molar-refractivity contribution in [2.75, 3.05) is 18.5 Å². The monoisotopic (exact) mass is 299 g/mol. The second-order valence-electron chi connectivity index (χ2n) is 6.12. The zero-order valence-electron chi connectivity index (χ0n) is 11.8. The topological polar surface area (TPSA) is 86.6 Å². The van der Waals surface area contributed by atoms with Gasteiger partial charge in [-0.25, -0.2) is 0 Å². The lowest BCUT2D eigenvalue weighted by Gasteiger charge is -2.33. The van der Waals surface area contributed by atoms with E-state index in [-0.39, 0.29) is 16.9 Å². The van der Waals surface area contributed by atoms with Crippen molar-refractivity contribution in [1.29, 1.82) is 0 Å². The number of benzene rings is 1. The second-order valence-corrected chi connectivity index (χ2v) is 7.51. The third-order valence-corrected chi connectivity index (χ3v) is 4.44. The predicted octanol–water partition coefficient (Wildman–Crippen LogP) is 1.85. The van der Waals surface area contributed by atoms with E-state index < -0.39 is 10.1 Å². The van der Waals surface area contributed by atoms with Crippen LogP contribution in [0, 0.1) is 5.41 Å². The van der Waals surface area contributed by atoms with E-state index in [4.69, 9.17) is 5.11 Å². The van der Waals surface area contributed by atoms with Crippen LogP contribution < -0.4 is 5.32 Å². The number of nitrogens with one attached hydrogen (secondary N) is 1. The highest BCUT2D eigenvalue weighted by Gasteiger charge is 2.29. The van der Waals surface area contributed by atoms with Crippen molar-refractivity contribution in [3.63, 3.8) is 0 Å². The fourth-order valence-corrected chi connectivity index (χ4v) is 3.37. The van der Waals surface area contributed by atoms with Gasteiger partial charge < -0.3 is 10.4 Å². The Labute approximate surface area is 119 Å². The summed E-state index contributed by atoms with van der Waals surface area (Å²) in [5.41, 5.74) is 2.29. The predicted molar refractivity (Wildman–Crippen MR) is 77.6 cm³/mol. The first-order valence-electron chi connectivity index (χ1n) is 6.71. The number of aliphatic hydroxyl groups excluding tert-OH is 1. The van der Waals surface area contributed by atoms with Gasteiger partial charge in [-0.2, -0.15) is 8.42 Å². The third-order valence-electron chi connectivity index (χ3n) is 3.56. The summed E-state index contributed by atoms with van der Waals surface area (Å²) in [4.78, 5) is -0.0570. The molecule has 0 radical (unpaired) electrons. The standard InChI is InChI=1S/C14H21NO4S/c1-14(2)8-11-6-10(4-3-5-16)7-12(20(17,18)19)13(11)15-9-14/h6-7,15-16H,3-5,8-9H2,1-2H3,(H,17,18,19). The molecule has 1 aliphatic rings. The number of fused-ring (bicyclic) bond motifs is 1. The van der Waals surface area contributed by atoms with Gasteiger partial charge in [-0.3, -0.25) is 4.55 Å². The molecule has 0 atom stereocenters. The van der Waals surface area contributed by atoms with Gasteiger partial charge in [0.25, 0.3) is 10.1 Å². The molecule has 1 aromatic rings. The highest BCUT2D eigenvalue weighted by molar-refractivity contribution is 7.86. The Morgan fingerprint density at radius 2 is 2.05 bits per heavy atom. The maximum absolute atomic E-state index is 11.6. The van der Waals surface area contributed by atoms with E-state index >= 15 is 0 Å². The SMILES string of the molecule is CC1(C)CNc2c(cc(CCCO)cc2S(=O)(=O)O)C1. The Hall–Kier alpha value is -1.11. The molecule has 0 aromatic heterocycles. The van der Waals surface area contributed by atoms with Crippen LogP contribution in [0.25, 0.3) is 0 Å². The normalized spacial score (nSPS) is 17.4. The van der Waals surface area contributed by atoms with Gasteiger partial charge in [-0.15, -0.1) is 0 Å². The van der Waals surface area contributed by atoms with Crippen LogP contribution in [0.4, 0.5) is 5.69 Å². The summed E-state index contributed by atoms with van der Waals surface area (Å²) in [5.74, 6) is 0. The van der Waals surface area contributed by atoms with Crippen molar-refractivity contribution in [1.82, 2.24) is 0 Å². The van der Waals surface area contributed by atoms with Crippen molar-refractivity contribution < 1.29 is 18.1 Å². The highest BCUT2D eigenvalue weighted by Crippen LogP contribution is 2.37. The van der Waals surface area contributed by atoms with E-state index in [0.29, 0.717) is 25.1 Å². The molecule has 20 heavy (non-hydrogen) atoms. The summed E-state index contributed by atoms with van der Waals surface area (Å²) in [6, 6.07) is 3.46. The molecule has 0 bridgehead atoms. The first-order chi connectivity index (χ1) is 9.23. The van der Waals surface area contributed by atoms with Crippen molar-refractivity contribution in [2.24, 2.45) is 5.41 Å². The van der Waals surface area contributed by atoms with Crippen molar-refractivity contribution in [2.45, 2.75) is 38.0 Å². The smallest absolute Gasteiger partial charge is 0.296 e. The van der Waals surface area contributed by atoms with Crippen molar-refractivity contribution in [3.8, 4) is 0 Å². The molecule has 2 rings (SSSR count). The zero-order chi connectivity index (χ0) is 15.0. The maximum atomic E-state index is 11.6. The molecular formula is C14H21NO4S. The number of rotatable bonds is 4. The number of hydrogen-bond donors (Lipinski definition) is 3. The lowest BCUT2D eigenvalue weighted by Crippen LogP contribution is -2.31. The summed E-state index contributed by atoms with van der Waals surface area (Å²) in [6.07, 6.45) is 1.91. The molecule has 0 saturated heterocycles. The van der Waals surface area contributed by atoms with E-state index in [0.717, 1.165) is 17.5 Å². The molecule has 1 aliphatic heterocycles. The average molecular weight is 299 g/mol. The zero-order valence-corrected chi connectivity index (χ0v) is 12.6. The lowest BCUT2D eigenvalue weighted by molar-refractivity contribution is 0.288. The Balaban J connectivity index is 2.52. The first-order valence-corrected chi connectivity index (χ1v) is 8.15. The summed E-state index contributed by atoms with van der Waals surface area (Å²) >= 11 is 0. The van der Waals surface area contributed by atoms with Gasteiger partial charge in [0, 0.05) is 13.2 Å². The minimum Gasteiger partial charge on any atom is -0.396 e. The van der Waals surface area contributed by atoms with Crippen LogP contribution >= 0.6 is 0 Å². The molecule has 3 N–H and O–H groups in total. The van der Waals surface area contributed by atoms with E-state index in [1.165, 1.54) is 6.07 Å². The quantitative estimate of drug-likeness (QED) is 0.739. The molecule has 6 heteroatoms. The molecule has 112 valence electrons. The summed E-state index contributed by atoms with van der Waals surface area (Å²) in [7, 11) is -4.25. The van der Waals surface area contributed by atoms with Gasteiger partial charge >= 0.3 is 0 Å². The summed E-state index contributed by atoms with van der Waals surface area (Å²) < 4.78 is 32.5. The molecule has 0 saturated carbocycles. The second kappa shape index (κ2) is 5.35. The van der Waals surface area contributed by atoms with E-state index in [9.17, 15) is 13.0 Å². The minimum absolute atomic E-state index is 0.0408. The van der Waals surface area contributed by atoms with Crippen LogP contribution in [0.1, 0.15) is 31.4 Å².